The molecule has 4 nitrogen and oxygen atoms in total. The van der Waals surface area contributed by atoms with Crippen molar-refractivity contribution >= 4 is 10.1 Å². The smallest absolute Gasteiger partial charge is 0.298 e. The van der Waals surface area contributed by atoms with E-state index in [2.05, 4.69) is 6.92 Å². The highest BCUT2D eigenvalue weighted by atomic mass is 32.2. The minimum Gasteiger partial charge on any atom is -0.492 e. The normalized spacial score (nSPS) is 11.7. The average molecular weight is 427 g/mol. The molecule has 29 heavy (non-hydrogen) atoms. The van der Waals surface area contributed by atoms with Crippen LogP contribution in [-0.2, 0) is 10.1 Å². The molecule has 0 aliphatic heterocycles. The predicted octanol–water partition coefficient (Wildman–Crippen LogP) is 7.57. The van der Waals surface area contributed by atoms with Crippen molar-refractivity contribution in [2.24, 2.45) is 0 Å². The van der Waals surface area contributed by atoms with Gasteiger partial charge in [0.1, 0.15) is 10.6 Å². The molecule has 5 heteroatoms. The number of unbranched alkanes of at least 4 members (excludes halogenated alkanes) is 15. The van der Waals surface area contributed by atoms with E-state index in [4.69, 9.17) is 4.74 Å². The SMILES string of the molecule is CCCCCCCCCCCCCCCCCCOc1ccccc1S(=O)(=O)O. The summed E-state index contributed by atoms with van der Waals surface area (Å²) in [7, 11) is -4.23. The molecular formula is C24H42O4S. The number of para-hydroxylation sites is 1. The molecule has 168 valence electrons. The summed E-state index contributed by atoms with van der Waals surface area (Å²) in [5.41, 5.74) is 0. The number of hydrogen-bond donors (Lipinski definition) is 1. The zero-order valence-corrected chi connectivity index (χ0v) is 19.2. The number of rotatable bonds is 19. The van der Waals surface area contributed by atoms with Crippen molar-refractivity contribution in [3.8, 4) is 5.75 Å². The molecule has 0 aliphatic rings. The van der Waals surface area contributed by atoms with Gasteiger partial charge in [-0.05, 0) is 18.6 Å². The molecular weight excluding hydrogens is 384 g/mol. The zero-order valence-electron chi connectivity index (χ0n) is 18.4. The van der Waals surface area contributed by atoms with Crippen LogP contribution >= 0.6 is 0 Å². The van der Waals surface area contributed by atoms with Gasteiger partial charge in [-0.1, -0.05) is 115 Å². The van der Waals surface area contributed by atoms with E-state index < -0.39 is 10.1 Å². The van der Waals surface area contributed by atoms with Crippen molar-refractivity contribution in [1.29, 1.82) is 0 Å². The molecule has 0 saturated carbocycles. The van der Waals surface area contributed by atoms with Gasteiger partial charge >= 0.3 is 0 Å². The lowest BCUT2D eigenvalue weighted by molar-refractivity contribution is 0.295. The predicted molar refractivity (Wildman–Crippen MR) is 121 cm³/mol. The fourth-order valence-electron chi connectivity index (χ4n) is 3.61. The van der Waals surface area contributed by atoms with Gasteiger partial charge in [0.2, 0.25) is 0 Å². The van der Waals surface area contributed by atoms with Gasteiger partial charge < -0.3 is 4.74 Å². The van der Waals surface area contributed by atoms with Gasteiger partial charge in [-0.2, -0.15) is 8.42 Å². The third-order valence-electron chi connectivity index (χ3n) is 5.38. The molecule has 0 amide bonds. The lowest BCUT2D eigenvalue weighted by Crippen LogP contribution is -2.04. The van der Waals surface area contributed by atoms with Crippen molar-refractivity contribution in [2.75, 3.05) is 6.61 Å². The van der Waals surface area contributed by atoms with Crippen molar-refractivity contribution in [2.45, 2.75) is 115 Å². The first-order valence-corrected chi connectivity index (χ1v) is 13.2. The quantitative estimate of drug-likeness (QED) is 0.183. The summed E-state index contributed by atoms with van der Waals surface area (Å²) in [6, 6.07) is 6.22. The first-order valence-electron chi connectivity index (χ1n) is 11.7. The Morgan fingerprint density at radius 2 is 1.10 bits per heavy atom. The second kappa shape index (κ2) is 16.7. The molecule has 0 saturated heterocycles. The molecule has 0 bridgehead atoms. The highest BCUT2D eigenvalue weighted by molar-refractivity contribution is 7.86. The van der Waals surface area contributed by atoms with Gasteiger partial charge in [0.05, 0.1) is 6.61 Å². The third kappa shape index (κ3) is 13.7. The van der Waals surface area contributed by atoms with Crippen LogP contribution in [0.3, 0.4) is 0 Å². The van der Waals surface area contributed by atoms with Crippen LogP contribution < -0.4 is 4.74 Å². The van der Waals surface area contributed by atoms with E-state index in [9.17, 15) is 13.0 Å². The van der Waals surface area contributed by atoms with Crippen LogP contribution in [0.5, 0.6) is 5.75 Å². The Morgan fingerprint density at radius 1 is 0.690 bits per heavy atom. The van der Waals surface area contributed by atoms with Gasteiger partial charge in [0.25, 0.3) is 10.1 Å². The maximum absolute atomic E-state index is 11.3. The van der Waals surface area contributed by atoms with Crippen molar-refractivity contribution in [3.05, 3.63) is 24.3 Å². The van der Waals surface area contributed by atoms with Crippen molar-refractivity contribution < 1.29 is 17.7 Å². The maximum Gasteiger partial charge on any atom is 0.298 e. The van der Waals surface area contributed by atoms with E-state index in [1.165, 1.54) is 96.0 Å². The van der Waals surface area contributed by atoms with Crippen LogP contribution in [-0.4, -0.2) is 19.6 Å². The molecule has 0 spiro atoms. The monoisotopic (exact) mass is 426 g/mol. The summed E-state index contributed by atoms with van der Waals surface area (Å²) >= 11 is 0. The standard InChI is InChI=1S/C24H42O4S/c1-2-3-4-5-6-7-8-9-10-11-12-13-14-15-16-19-22-28-23-20-17-18-21-24(23)29(25,26)27/h17-18,20-21H,2-16,19,22H2,1H3,(H,25,26,27). The first kappa shape index (κ1) is 26.0. The summed E-state index contributed by atoms with van der Waals surface area (Å²) < 4.78 is 37.4. The fraction of sp³-hybridized carbons (Fsp3) is 0.750. The second-order valence-corrected chi connectivity index (χ2v) is 9.46. The van der Waals surface area contributed by atoms with E-state index in [0.717, 1.165) is 12.8 Å². The maximum atomic E-state index is 11.3. The fourth-order valence-corrected chi connectivity index (χ4v) is 4.25. The Bertz CT molecular complexity index is 613. The highest BCUT2D eigenvalue weighted by Crippen LogP contribution is 2.23. The van der Waals surface area contributed by atoms with Crippen LogP contribution in [0.4, 0.5) is 0 Å². The Hall–Kier alpha value is -1.07. The van der Waals surface area contributed by atoms with Crippen LogP contribution in [0, 0.1) is 0 Å². The van der Waals surface area contributed by atoms with Gasteiger partial charge in [-0.15, -0.1) is 0 Å². The minimum atomic E-state index is -4.23. The van der Waals surface area contributed by atoms with E-state index in [-0.39, 0.29) is 10.6 Å². The van der Waals surface area contributed by atoms with E-state index >= 15 is 0 Å². The van der Waals surface area contributed by atoms with Crippen molar-refractivity contribution in [1.82, 2.24) is 0 Å². The van der Waals surface area contributed by atoms with Crippen LogP contribution in [0.25, 0.3) is 0 Å². The summed E-state index contributed by atoms with van der Waals surface area (Å²) in [4.78, 5) is -0.156. The second-order valence-electron chi connectivity index (χ2n) is 8.07. The Morgan fingerprint density at radius 3 is 1.55 bits per heavy atom. The lowest BCUT2D eigenvalue weighted by atomic mass is 10.0. The highest BCUT2D eigenvalue weighted by Gasteiger charge is 2.15. The van der Waals surface area contributed by atoms with Crippen LogP contribution in [0.2, 0.25) is 0 Å². The summed E-state index contributed by atoms with van der Waals surface area (Å²) in [5, 5.41) is 0. The largest absolute Gasteiger partial charge is 0.492 e. The summed E-state index contributed by atoms with van der Waals surface area (Å²) in [6.45, 7) is 2.75. The summed E-state index contributed by atoms with van der Waals surface area (Å²) in [6.07, 6.45) is 21.1. The Labute approximate surface area is 179 Å². The van der Waals surface area contributed by atoms with Crippen LogP contribution in [0.15, 0.2) is 29.2 Å². The van der Waals surface area contributed by atoms with Gasteiger partial charge in [0, 0.05) is 0 Å². The molecule has 0 aromatic heterocycles. The molecule has 1 rings (SSSR count). The topological polar surface area (TPSA) is 63.6 Å². The van der Waals surface area contributed by atoms with E-state index in [0.29, 0.717) is 6.61 Å². The molecule has 0 radical (unpaired) electrons. The van der Waals surface area contributed by atoms with Gasteiger partial charge in [0.15, 0.2) is 0 Å². The first-order chi connectivity index (χ1) is 14.1. The number of ether oxygens (including phenoxy) is 1. The molecule has 0 aliphatic carbocycles. The lowest BCUT2D eigenvalue weighted by Gasteiger charge is -2.09. The molecule has 0 unspecified atom stereocenters. The van der Waals surface area contributed by atoms with E-state index in [1.807, 2.05) is 0 Å². The average Bonchev–Trinajstić information content (AvgIpc) is 2.70. The van der Waals surface area contributed by atoms with E-state index in [1.54, 1.807) is 18.2 Å². The Kier molecular flexibility index (Phi) is 15.0. The molecule has 0 fully saturated rings. The number of benzene rings is 1. The number of hydrogen-bond acceptors (Lipinski definition) is 3. The molecule has 0 heterocycles. The third-order valence-corrected chi connectivity index (χ3v) is 6.28. The van der Waals surface area contributed by atoms with Crippen molar-refractivity contribution in [3.63, 3.8) is 0 Å². The zero-order chi connectivity index (χ0) is 21.2. The minimum absolute atomic E-state index is 0.156. The van der Waals surface area contributed by atoms with Gasteiger partial charge in [-0.3, -0.25) is 4.55 Å². The molecule has 1 aromatic rings. The van der Waals surface area contributed by atoms with Gasteiger partial charge in [-0.25, -0.2) is 0 Å². The molecule has 1 N–H and O–H groups in total. The summed E-state index contributed by atoms with van der Waals surface area (Å²) in [5.74, 6) is 0.232. The Balaban J connectivity index is 1.89. The molecule has 0 atom stereocenters. The molecule has 1 aromatic carbocycles. The van der Waals surface area contributed by atoms with Crippen LogP contribution in [0.1, 0.15) is 110 Å².